The summed E-state index contributed by atoms with van der Waals surface area (Å²) in [7, 11) is 0. The van der Waals surface area contributed by atoms with Gasteiger partial charge in [0.1, 0.15) is 5.75 Å². The first-order valence-electron chi connectivity index (χ1n) is 5.51. The van der Waals surface area contributed by atoms with Gasteiger partial charge in [-0.3, -0.25) is 0 Å². The topological polar surface area (TPSA) is 9.23 Å². The summed E-state index contributed by atoms with van der Waals surface area (Å²) in [5, 5.41) is 0.416. The maximum Gasteiger partial charge on any atom is 0.573 e. The number of halogens is 4. The van der Waals surface area contributed by atoms with Crippen molar-refractivity contribution in [2.24, 2.45) is 0 Å². The summed E-state index contributed by atoms with van der Waals surface area (Å²) in [6, 6.07) is 10.8. The molecule has 2 aromatic rings. The van der Waals surface area contributed by atoms with Crippen LogP contribution in [0.2, 0.25) is 5.02 Å². The lowest BCUT2D eigenvalue weighted by molar-refractivity contribution is -0.274. The van der Waals surface area contributed by atoms with Crippen molar-refractivity contribution in [3.63, 3.8) is 0 Å². The van der Waals surface area contributed by atoms with E-state index in [1.54, 1.807) is 30.3 Å². The molecule has 5 heteroatoms. The molecule has 0 saturated heterocycles. The highest BCUT2D eigenvalue weighted by Gasteiger charge is 2.31. The van der Waals surface area contributed by atoms with Gasteiger partial charge in [0, 0.05) is 16.1 Å². The van der Waals surface area contributed by atoms with E-state index in [9.17, 15) is 13.2 Å². The van der Waals surface area contributed by atoms with Crippen molar-refractivity contribution in [2.45, 2.75) is 6.36 Å². The van der Waals surface area contributed by atoms with Crippen LogP contribution in [0.4, 0.5) is 13.2 Å². The average Bonchev–Trinajstić information content (AvgIpc) is 2.36. The lowest BCUT2D eigenvalue weighted by atomic mass is 10.0. The van der Waals surface area contributed by atoms with Crippen molar-refractivity contribution < 1.29 is 17.9 Å². The smallest absolute Gasteiger partial charge is 0.406 e. The van der Waals surface area contributed by atoms with Crippen LogP contribution in [0.5, 0.6) is 5.75 Å². The second kappa shape index (κ2) is 5.48. The molecule has 0 aliphatic rings. The van der Waals surface area contributed by atoms with Gasteiger partial charge in [0.05, 0.1) is 0 Å². The van der Waals surface area contributed by atoms with E-state index in [0.29, 0.717) is 16.1 Å². The predicted molar refractivity (Wildman–Crippen MR) is 71.5 cm³/mol. The number of alkyl halides is 3. The molecule has 2 aromatic carbocycles. The lowest BCUT2D eigenvalue weighted by Crippen LogP contribution is -2.17. The molecule has 0 fully saturated rings. The number of terminal acetylenes is 1. The molecule has 0 amide bonds. The Balaban J connectivity index is 2.52. The first-order chi connectivity index (χ1) is 9.39. The molecule has 0 unspecified atom stereocenters. The molecular weight excluding hydrogens is 289 g/mol. The van der Waals surface area contributed by atoms with Crippen molar-refractivity contribution in [2.75, 3.05) is 0 Å². The van der Waals surface area contributed by atoms with Crippen LogP contribution in [-0.2, 0) is 0 Å². The Hall–Kier alpha value is -2.12. The number of ether oxygens (including phenoxy) is 1. The van der Waals surface area contributed by atoms with E-state index in [1.165, 1.54) is 6.07 Å². The van der Waals surface area contributed by atoms with Gasteiger partial charge in [-0.1, -0.05) is 35.7 Å². The molecule has 2 rings (SSSR count). The van der Waals surface area contributed by atoms with E-state index in [0.717, 1.165) is 6.07 Å². The van der Waals surface area contributed by atoms with Crippen molar-refractivity contribution in [3.8, 4) is 29.2 Å². The Morgan fingerprint density at radius 2 is 1.80 bits per heavy atom. The zero-order valence-corrected chi connectivity index (χ0v) is 10.8. The van der Waals surface area contributed by atoms with Gasteiger partial charge in [-0.2, -0.15) is 0 Å². The van der Waals surface area contributed by atoms with Gasteiger partial charge in [0.15, 0.2) is 0 Å². The quantitative estimate of drug-likeness (QED) is 0.717. The zero-order valence-electron chi connectivity index (χ0n) is 10.0. The standard InChI is InChI=1S/C15H8ClF3O/c1-2-10-7-11(13-5-3-4-6-14(13)16)9-12(8-10)20-15(17,18)19/h1,3-9H. The van der Waals surface area contributed by atoms with Gasteiger partial charge in [-0.25, -0.2) is 0 Å². The van der Waals surface area contributed by atoms with Gasteiger partial charge >= 0.3 is 6.36 Å². The molecule has 0 atom stereocenters. The summed E-state index contributed by atoms with van der Waals surface area (Å²) in [6.45, 7) is 0. The summed E-state index contributed by atoms with van der Waals surface area (Å²) < 4.78 is 40.8. The SMILES string of the molecule is C#Cc1cc(OC(F)(F)F)cc(-c2ccccc2Cl)c1. The van der Waals surface area contributed by atoms with Gasteiger partial charge < -0.3 is 4.74 Å². The van der Waals surface area contributed by atoms with Crippen LogP contribution < -0.4 is 4.74 Å². The fraction of sp³-hybridized carbons (Fsp3) is 0.0667. The second-order valence-electron chi connectivity index (χ2n) is 3.92. The van der Waals surface area contributed by atoms with Crippen molar-refractivity contribution >= 4 is 11.6 Å². The third kappa shape index (κ3) is 3.46. The lowest BCUT2D eigenvalue weighted by Gasteiger charge is -2.12. The summed E-state index contributed by atoms with van der Waals surface area (Å²) in [5.74, 6) is 1.92. The highest BCUT2D eigenvalue weighted by Crippen LogP contribution is 2.33. The molecule has 102 valence electrons. The minimum absolute atomic E-state index is 0.279. The Morgan fingerprint density at radius 3 is 2.40 bits per heavy atom. The van der Waals surface area contributed by atoms with E-state index in [1.807, 2.05) is 0 Å². The van der Waals surface area contributed by atoms with Gasteiger partial charge in [0.2, 0.25) is 0 Å². The number of benzene rings is 2. The maximum atomic E-state index is 12.3. The number of hydrogen-bond acceptors (Lipinski definition) is 1. The van der Waals surface area contributed by atoms with Crippen LogP contribution in [0.25, 0.3) is 11.1 Å². The van der Waals surface area contributed by atoms with Crippen LogP contribution >= 0.6 is 11.6 Å². The molecule has 0 aromatic heterocycles. The van der Waals surface area contributed by atoms with Crippen LogP contribution in [0.1, 0.15) is 5.56 Å². The Labute approximate surface area is 118 Å². The highest BCUT2D eigenvalue weighted by molar-refractivity contribution is 6.33. The van der Waals surface area contributed by atoms with Gasteiger partial charge in [-0.05, 0) is 29.8 Å². The Morgan fingerprint density at radius 1 is 1.10 bits per heavy atom. The molecule has 0 saturated carbocycles. The largest absolute Gasteiger partial charge is 0.573 e. The Bertz CT molecular complexity index is 672. The zero-order chi connectivity index (χ0) is 14.8. The fourth-order valence-electron chi connectivity index (χ4n) is 1.73. The predicted octanol–water partition coefficient (Wildman–Crippen LogP) is 4.89. The first kappa shape index (κ1) is 14.3. The second-order valence-corrected chi connectivity index (χ2v) is 4.33. The summed E-state index contributed by atoms with van der Waals surface area (Å²) >= 11 is 6.03. The van der Waals surface area contributed by atoms with Crippen LogP contribution in [-0.4, -0.2) is 6.36 Å². The van der Waals surface area contributed by atoms with Gasteiger partial charge in [0.25, 0.3) is 0 Å². The first-order valence-corrected chi connectivity index (χ1v) is 5.89. The monoisotopic (exact) mass is 296 g/mol. The molecule has 0 aliphatic heterocycles. The van der Waals surface area contributed by atoms with E-state index < -0.39 is 6.36 Å². The van der Waals surface area contributed by atoms with E-state index in [2.05, 4.69) is 10.7 Å². The third-order valence-electron chi connectivity index (χ3n) is 2.49. The molecule has 20 heavy (non-hydrogen) atoms. The molecule has 1 nitrogen and oxygen atoms in total. The molecule has 0 radical (unpaired) electrons. The number of hydrogen-bond donors (Lipinski definition) is 0. The minimum Gasteiger partial charge on any atom is -0.406 e. The third-order valence-corrected chi connectivity index (χ3v) is 2.82. The normalized spacial score (nSPS) is 10.9. The summed E-state index contributed by atoms with van der Waals surface area (Å²) in [4.78, 5) is 0. The molecular formula is C15H8ClF3O. The minimum atomic E-state index is -4.77. The van der Waals surface area contributed by atoms with Gasteiger partial charge in [-0.15, -0.1) is 19.6 Å². The summed E-state index contributed by atoms with van der Waals surface area (Å²) in [6.07, 6.45) is 0.475. The molecule has 0 heterocycles. The Kier molecular flexibility index (Phi) is 3.91. The summed E-state index contributed by atoms with van der Waals surface area (Å²) in [5.41, 5.74) is 1.32. The van der Waals surface area contributed by atoms with E-state index in [-0.39, 0.29) is 11.3 Å². The maximum absolute atomic E-state index is 12.3. The average molecular weight is 297 g/mol. The molecule has 0 aliphatic carbocycles. The molecule has 0 spiro atoms. The molecule has 0 N–H and O–H groups in total. The highest BCUT2D eigenvalue weighted by atomic mass is 35.5. The fourth-order valence-corrected chi connectivity index (χ4v) is 1.97. The van der Waals surface area contributed by atoms with Crippen LogP contribution in [0, 0.1) is 12.3 Å². The van der Waals surface area contributed by atoms with E-state index >= 15 is 0 Å². The number of rotatable bonds is 2. The van der Waals surface area contributed by atoms with Crippen LogP contribution in [0.3, 0.4) is 0 Å². The van der Waals surface area contributed by atoms with Crippen molar-refractivity contribution in [1.82, 2.24) is 0 Å². The van der Waals surface area contributed by atoms with Crippen LogP contribution in [0.15, 0.2) is 42.5 Å². The molecule has 0 bridgehead atoms. The van der Waals surface area contributed by atoms with E-state index in [4.69, 9.17) is 18.0 Å². The van der Waals surface area contributed by atoms with Crippen molar-refractivity contribution in [3.05, 3.63) is 53.1 Å². The van der Waals surface area contributed by atoms with Crippen molar-refractivity contribution in [1.29, 1.82) is 0 Å².